The molecule has 0 amide bonds. The van der Waals surface area contributed by atoms with E-state index in [9.17, 15) is 4.39 Å². The summed E-state index contributed by atoms with van der Waals surface area (Å²) in [6, 6.07) is 10.9. The summed E-state index contributed by atoms with van der Waals surface area (Å²) in [5, 5.41) is 3.27. The van der Waals surface area contributed by atoms with Crippen molar-refractivity contribution in [2.75, 3.05) is 6.54 Å². The molecule has 0 saturated carbocycles. The first-order valence-electron chi connectivity index (χ1n) is 6.84. The van der Waals surface area contributed by atoms with Gasteiger partial charge in [0.15, 0.2) is 11.6 Å². The number of nitrogens with one attached hydrogen (secondary N) is 1. The minimum absolute atomic E-state index is 0.272. The second kappa shape index (κ2) is 6.53. The highest BCUT2D eigenvalue weighted by atomic mass is 19.1. The van der Waals surface area contributed by atoms with Crippen LogP contribution in [-0.4, -0.2) is 6.54 Å². The molecule has 0 fully saturated rings. The number of aryl methyl sites for hydroxylation is 2. The molecule has 2 nitrogen and oxygen atoms in total. The minimum atomic E-state index is -0.341. The average Bonchev–Trinajstić information content (AvgIpc) is 2.43. The molecule has 0 radical (unpaired) electrons. The van der Waals surface area contributed by atoms with Gasteiger partial charge in [0.2, 0.25) is 0 Å². The quantitative estimate of drug-likeness (QED) is 0.874. The smallest absolute Gasteiger partial charge is 0.165 e. The largest absolute Gasteiger partial charge is 0.454 e. The average molecular weight is 273 g/mol. The molecule has 3 heteroatoms. The van der Waals surface area contributed by atoms with Crippen LogP contribution in [0.15, 0.2) is 36.4 Å². The van der Waals surface area contributed by atoms with E-state index in [1.165, 1.54) is 6.07 Å². The van der Waals surface area contributed by atoms with Crippen LogP contribution in [-0.2, 0) is 6.54 Å². The van der Waals surface area contributed by atoms with E-state index in [0.29, 0.717) is 5.75 Å². The van der Waals surface area contributed by atoms with Crippen LogP contribution in [0.2, 0.25) is 0 Å². The van der Waals surface area contributed by atoms with Crippen molar-refractivity contribution in [3.63, 3.8) is 0 Å². The third-order valence-corrected chi connectivity index (χ3v) is 3.14. The van der Waals surface area contributed by atoms with Crippen molar-refractivity contribution in [3.05, 3.63) is 58.9 Å². The van der Waals surface area contributed by atoms with Crippen LogP contribution in [0.25, 0.3) is 0 Å². The molecule has 1 N–H and O–H groups in total. The number of hydrogen-bond donors (Lipinski definition) is 1. The van der Waals surface area contributed by atoms with Crippen molar-refractivity contribution in [1.29, 1.82) is 0 Å². The number of halogens is 1. The summed E-state index contributed by atoms with van der Waals surface area (Å²) < 4.78 is 19.5. The molecule has 0 spiro atoms. The highest BCUT2D eigenvalue weighted by molar-refractivity contribution is 5.41. The molecular weight excluding hydrogens is 253 g/mol. The van der Waals surface area contributed by atoms with Crippen molar-refractivity contribution in [2.24, 2.45) is 0 Å². The predicted octanol–water partition coefficient (Wildman–Crippen LogP) is 4.34. The lowest BCUT2D eigenvalue weighted by atomic mass is 10.1. The van der Waals surface area contributed by atoms with Gasteiger partial charge >= 0.3 is 0 Å². The van der Waals surface area contributed by atoms with Crippen LogP contribution in [0.3, 0.4) is 0 Å². The van der Waals surface area contributed by atoms with Gasteiger partial charge in [-0.1, -0.05) is 25.1 Å². The molecule has 2 aromatic carbocycles. The molecule has 0 heterocycles. The number of hydrogen-bond acceptors (Lipinski definition) is 2. The van der Waals surface area contributed by atoms with Crippen LogP contribution in [0.4, 0.5) is 4.39 Å². The molecular formula is C17H20FNO. The van der Waals surface area contributed by atoms with E-state index in [0.717, 1.165) is 29.8 Å². The maximum Gasteiger partial charge on any atom is 0.165 e. The maximum atomic E-state index is 13.8. The molecule has 0 aliphatic carbocycles. The monoisotopic (exact) mass is 273 g/mol. The fourth-order valence-corrected chi connectivity index (χ4v) is 1.94. The number of ether oxygens (including phenoxy) is 1. The van der Waals surface area contributed by atoms with Gasteiger partial charge in [-0.05, 0) is 55.3 Å². The van der Waals surface area contributed by atoms with Gasteiger partial charge in [-0.2, -0.15) is 0 Å². The van der Waals surface area contributed by atoms with E-state index in [1.807, 2.05) is 26.0 Å². The Morgan fingerprint density at radius 3 is 2.60 bits per heavy atom. The second-order valence-electron chi connectivity index (χ2n) is 4.92. The second-order valence-corrected chi connectivity index (χ2v) is 4.92. The SMILES string of the molecule is CCNCc1ccc(C)c(Oc2cc(C)ccc2F)c1. The van der Waals surface area contributed by atoms with Crippen molar-refractivity contribution in [3.8, 4) is 11.5 Å². The first kappa shape index (κ1) is 14.5. The Morgan fingerprint density at radius 2 is 1.85 bits per heavy atom. The Balaban J connectivity index is 2.25. The van der Waals surface area contributed by atoms with E-state index in [4.69, 9.17) is 4.74 Å². The molecule has 2 rings (SSSR count). The molecule has 106 valence electrons. The summed E-state index contributed by atoms with van der Waals surface area (Å²) in [6.45, 7) is 7.63. The third kappa shape index (κ3) is 3.58. The Bertz CT molecular complexity index is 596. The summed E-state index contributed by atoms with van der Waals surface area (Å²) in [5.74, 6) is 0.630. The third-order valence-electron chi connectivity index (χ3n) is 3.14. The summed E-state index contributed by atoms with van der Waals surface area (Å²) in [5.41, 5.74) is 3.09. The van der Waals surface area contributed by atoms with Gasteiger partial charge in [-0.15, -0.1) is 0 Å². The van der Waals surface area contributed by atoms with E-state index in [1.54, 1.807) is 12.1 Å². The first-order valence-corrected chi connectivity index (χ1v) is 6.84. The summed E-state index contributed by atoms with van der Waals surface area (Å²) in [7, 11) is 0. The molecule has 0 aliphatic heterocycles. The normalized spacial score (nSPS) is 10.6. The van der Waals surface area contributed by atoms with Gasteiger partial charge in [-0.25, -0.2) is 4.39 Å². The summed E-state index contributed by atoms with van der Waals surface area (Å²) >= 11 is 0. The van der Waals surface area contributed by atoms with E-state index < -0.39 is 0 Å². The van der Waals surface area contributed by atoms with Crippen molar-refractivity contribution >= 4 is 0 Å². The zero-order chi connectivity index (χ0) is 14.5. The van der Waals surface area contributed by atoms with Crippen LogP contribution >= 0.6 is 0 Å². The zero-order valence-corrected chi connectivity index (χ0v) is 12.2. The molecule has 0 aromatic heterocycles. The Labute approximate surface area is 119 Å². The zero-order valence-electron chi connectivity index (χ0n) is 12.2. The van der Waals surface area contributed by atoms with E-state index in [-0.39, 0.29) is 11.6 Å². The maximum absolute atomic E-state index is 13.8. The van der Waals surface area contributed by atoms with Crippen molar-refractivity contribution < 1.29 is 9.13 Å². The molecule has 20 heavy (non-hydrogen) atoms. The van der Waals surface area contributed by atoms with Gasteiger partial charge < -0.3 is 10.1 Å². The van der Waals surface area contributed by atoms with Crippen molar-refractivity contribution in [2.45, 2.75) is 27.3 Å². The standard InChI is InChI=1S/C17H20FNO/c1-4-19-11-14-7-6-13(3)16(10-14)20-17-9-12(2)5-8-15(17)18/h5-10,19H,4,11H2,1-3H3. The minimum Gasteiger partial charge on any atom is -0.454 e. The Morgan fingerprint density at radius 1 is 1.05 bits per heavy atom. The van der Waals surface area contributed by atoms with Crippen LogP contribution < -0.4 is 10.1 Å². The lowest BCUT2D eigenvalue weighted by Gasteiger charge is -2.12. The van der Waals surface area contributed by atoms with Crippen molar-refractivity contribution in [1.82, 2.24) is 5.32 Å². The molecule has 0 atom stereocenters. The summed E-state index contributed by atoms with van der Waals surface area (Å²) in [4.78, 5) is 0. The fourth-order valence-electron chi connectivity index (χ4n) is 1.94. The molecule has 2 aromatic rings. The lowest BCUT2D eigenvalue weighted by molar-refractivity contribution is 0.438. The highest BCUT2D eigenvalue weighted by Crippen LogP contribution is 2.28. The first-order chi connectivity index (χ1) is 9.60. The van der Waals surface area contributed by atoms with Gasteiger partial charge in [0, 0.05) is 6.54 Å². The fraction of sp³-hybridized carbons (Fsp3) is 0.294. The van der Waals surface area contributed by atoms with Gasteiger partial charge in [0.25, 0.3) is 0 Å². The molecule has 0 aliphatic rings. The van der Waals surface area contributed by atoms with Crippen LogP contribution in [0.1, 0.15) is 23.6 Å². The Kier molecular flexibility index (Phi) is 4.74. The van der Waals surface area contributed by atoms with Gasteiger partial charge in [0.1, 0.15) is 5.75 Å². The summed E-state index contributed by atoms with van der Waals surface area (Å²) in [6.07, 6.45) is 0. The number of benzene rings is 2. The lowest BCUT2D eigenvalue weighted by Crippen LogP contribution is -2.11. The van der Waals surface area contributed by atoms with Gasteiger partial charge in [0.05, 0.1) is 0 Å². The molecule has 0 saturated heterocycles. The Hall–Kier alpha value is -1.87. The molecule has 0 unspecified atom stereocenters. The highest BCUT2D eigenvalue weighted by Gasteiger charge is 2.08. The molecule has 0 bridgehead atoms. The van der Waals surface area contributed by atoms with Crippen LogP contribution in [0.5, 0.6) is 11.5 Å². The van der Waals surface area contributed by atoms with Gasteiger partial charge in [-0.3, -0.25) is 0 Å². The topological polar surface area (TPSA) is 21.3 Å². The number of rotatable bonds is 5. The predicted molar refractivity (Wildman–Crippen MR) is 79.8 cm³/mol. The van der Waals surface area contributed by atoms with Crippen LogP contribution in [0, 0.1) is 19.7 Å². The van der Waals surface area contributed by atoms with E-state index in [2.05, 4.69) is 18.3 Å². The van der Waals surface area contributed by atoms with E-state index >= 15 is 0 Å².